The van der Waals surface area contributed by atoms with Crippen molar-refractivity contribution in [3.05, 3.63) is 34.6 Å². The molecule has 18 heavy (non-hydrogen) atoms. The molecule has 1 unspecified atom stereocenters. The normalized spacial score (nSPS) is 18.2. The molecule has 1 aromatic carbocycles. The van der Waals surface area contributed by atoms with Gasteiger partial charge < -0.3 is 14.8 Å². The zero-order chi connectivity index (χ0) is 13.0. The molecule has 0 aromatic heterocycles. The molecule has 1 atom stereocenters. The maximum atomic E-state index is 13.3. The first kappa shape index (κ1) is 13.7. The molecular formula is C13H17ClFNO2. The third kappa shape index (κ3) is 3.42. The molecule has 1 saturated heterocycles. The van der Waals surface area contributed by atoms with Gasteiger partial charge in [0.2, 0.25) is 0 Å². The highest BCUT2D eigenvalue weighted by atomic mass is 35.5. The molecule has 0 aliphatic carbocycles. The number of ether oxygens (including phenoxy) is 2. The van der Waals surface area contributed by atoms with Gasteiger partial charge in [0.25, 0.3) is 0 Å². The Morgan fingerprint density at radius 2 is 2.17 bits per heavy atom. The molecule has 0 radical (unpaired) electrons. The Hall–Kier alpha value is -0.680. The average Bonchev–Trinajstić information content (AvgIpc) is 2.85. The Morgan fingerprint density at radius 1 is 1.44 bits per heavy atom. The SMILES string of the molecule is CCNC(CC1OCCO1)c1cc(F)ccc1Cl. The number of halogens is 2. The molecule has 3 nitrogen and oxygen atoms in total. The second-order valence-electron chi connectivity index (χ2n) is 4.18. The third-order valence-electron chi connectivity index (χ3n) is 2.90. The molecule has 1 aliphatic rings. The summed E-state index contributed by atoms with van der Waals surface area (Å²) in [6.45, 7) is 3.99. The number of hydrogen-bond acceptors (Lipinski definition) is 3. The minimum Gasteiger partial charge on any atom is -0.350 e. The van der Waals surface area contributed by atoms with E-state index in [-0.39, 0.29) is 18.1 Å². The lowest BCUT2D eigenvalue weighted by molar-refractivity contribution is -0.0529. The van der Waals surface area contributed by atoms with E-state index in [1.54, 1.807) is 6.07 Å². The van der Waals surface area contributed by atoms with Gasteiger partial charge in [0.1, 0.15) is 5.82 Å². The van der Waals surface area contributed by atoms with E-state index in [1.807, 2.05) is 6.92 Å². The van der Waals surface area contributed by atoms with Crippen LogP contribution in [0.25, 0.3) is 0 Å². The number of benzene rings is 1. The number of nitrogens with one attached hydrogen (secondary N) is 1. The van der Waals surface area contributed by atoms with Gasteiger partial charge in [0.15, 0.2) is 6.29 Å². The van der Waals surface area contributed by atoms with Gasteiger partial charge in [-0.1, -0.05) is 18.5 Å². The van der Waals surface area contributed by atoms with Crippen LogP contribution in [-0.4, -0.2) is 26.0 Å². The number of rotatable bonds is 5. The van der Waals surface area contributed by atoms with Gasteiger partial charge in [0, 0.05) is 17.5 Å². The first-order chi connectivity index (χ1) is 8.70. The van der Waals surface area contributed by atoms with Crippen molar-refractivity contribution in [2.24, 2.45) is 0 Å². The van der Waals surface area contributed by atoms with Crippen molar-refractivity contribution in [1.82, 2.24) is 5.32 Å². The van der Waals surface area contributed by atoms with Crippen molar-refractivity contribution in [3.8, 4) is 0 Å². The molecule has 100 valence electrons. The van der Waals surface area contributed by atoms with Gasteiger partial charge in [-0.05, 0) is 30.3 Å². The van der Waals surface area contributed by atoms with Crippen LogP contribution in [0.1, 0.15) is 24.9 Å². The van der Waals surface area contributed by atoms with Crippen LogP contribution >= 0.6 is 11.6 Å². The summed E-state index contributed by atoms with van der Waals surface area (Å²) in [7, 11) is 0. The quantitative estimate of drug-likeness (QED) is 0.895. The zero-order valence-corrected chi connectivity index (χ0v) is 11.0. The molecule has 1 aromatic rings. The topological polar surface area (TPSA) is 30.5 Å². The molecule has 0 saturated carbocycles. The highest BCUT2D eigenvalue weighted by Gasteiger charge is 2.23. The van der Waals surface area contributed by atoms with Crippen molar-refractivity contribution in [1.29, 1.82) is 0 Å². The predicted octanol–water partition coefficient (Wildman–Crippen LogP) is 2.89. The summed E-state index contributed by atoms with van der Waals surface area (Å²) in [6, 6.07) is 4.33. The van der Waals surface area contributed by atoms with Crippen molar-refractivity contribution in [2.45, 2.75) is 25.7 Å². The third-order valence-corrected chi connectivity index (χ3v) is 3.25. The van der Waals surface area contributed by atoms with Crippen LogP contribution in [0.5, 0.6) is 0 Å². The van der Waals surface area contributed by atoms with E-state index in [9.17, 15) is 4.39 Å². The van der Waals surface area contributed by atoms with Crippen molar-refractivity contribution < 1.29 is 13.9 Å². The minimum atomic E-state index is -0.287. The molecule has 1 heterocycles. The maximum absolute atomic E-state index is 13.3. The summed E-state index contributed by atoms with van der Waals surface area (Å²) in [5.41, 5.74) is 0.748. The molecule has 0 spiro atoms. The first-order valence-electron chi connectivity index (χ1n) is 6.12. The van der Waals surface area contributed by atoms with Gasteiger partial charge in [-0.2, -0.15) is 0 Å². The Labute approximate surface area is 111 Å². The summed E-state index contributed by atoms with van der Waals surface area (Å²) in [5.74, 6) is -0.287. The lowest BCUT2D eigenvalue weighted by Gasteiger charge is -2.22. The molecule has 1 aliphatic heterocycles. The molecule has 1 N–H and O–H groups in total. The van der Waals surface area contributed by atoms with E-state index in [0.29, 0.717) is 24.7 Å². The maximum Gasteiger partial charge on any atom is 0.159 e. The summed E-state index contributed by atoms with van der Waals surface area (Å²) in [5, 5.41) is 3.84. The van der Waals surface area contributed by atoms with Crippen molar-refractivity contribution in [2.75, 3.05) is 19.8 Å². The average molecular weight is 274 g/mol. The Kier molecular flexibility index (Phi) is 4.95. The summed E-state index contributed by atoms with van der Waals surface area (Å²) < 4.78 is 24.2. The van der Waals surface area contributed by atoms with E-state index in [2.05, 4.69) is 5.32 Å². The molecule has 2 rings (SSSR count). The Bertz CT molecular complexity index is 397. The van der Waals surface area contributed by atoms with Gasteiger partial charge in [-0.3, -0.25) is 0 Å². The van der Waals surface area contributed by atoms with Crippen molar-refractivity contribution in [3.63, 3.8) is 0 Å². The fourth-order valence-electron chi connectivity index (χ4n) is 2.08. The summed E-state index contributed by atoms with van der Waals surface area (Å²) in [6.07, 6.45) is 0.380. The lowest BCUT2D eigenvalue weighted by atomic mass is 10.0. The summed E-state index contributed by atoms with van der Waals surface area (Å²) >= 11 is 6.12. The van der Waals surface area contributed by atoms with Gasteiger partial charge in [-0.25, -0.2) is 4.39 Å². The van der Waals surface area contributed by atoms with Gasteiger partial charge >= 0.3 is 0 Å². The van der Waals surface area contributed by atoms with Crippen LogP contribution in [-0.2, 0) is 9.47 Å². The smallest absolute Gasteiger partial charge is 0.159 e. The molecule has 0 amide bonds. The second kappa shape index (κ2) is 6.48. The second-order valence-corrected chi connectivity index (χ2v) is 4.59. The fraction of sp³-hybridized carbons (Fsp3) is 0.538. The largest absolute Gasteiger partial charge is 0.350 e. The van der Waals surface area contributed by atoms with E-state index in [1.165, 1.54) is 12.1 Å². The predicted molar refractivity (Wildman–Crippen MR) is 68.1 cm³/mol. The van der Waals surface area contributed by atoms with Crippen LogP contribution in [0.15, 0.2) is 18.2 Å². The Balaban J connectivity index is 2.14. The highest BCUT2D eigenvalue weighted by Crippen LogP contribution is 2.28. The number of hydrogen-bond donors (Lipinski definition) is 1. The zero-order valence-electron chi connectivity index (χ0n) is 10.3. The van der Waals surface area contributed by atoms with E-state index >= 15 is 0 Å². The molecule has 5 heteroatoms. The van der Waals surface area contributed by atoms with Crippen LogP contribution in [0.3, 0.4) is 0 Å². The van der Waals surface area contributed by atoms with Crippen LogP contribution in [0.2, 0.25) is 5.02 Å². The van der Waals surface area contributed by atoms with E-state index in [0.717, 1.165) is 12.1 Å². The fourth-order valence-corrected chi connectivity index (χ4v) is 2.33. The molecular weight excluding hydrogens is 257 g/mol. The minimum absolute atomic E-state index is 0.0682. The monoisotopic (exact) mass is 273 g/mol. The Morgan fingerprint density at radius 3 is 2.83 bits per heavy atom. The summed E-state index contributed by atoms with van der Waals surface area (Å²) in [4.78, 5) is 0. The van der Waals surface area contributed by atoms with Crippen LogP contribution < -0.4 is 5.32 Å². The van der Waals surface area contributed by atoms with Crippen LogP contribution in [0, 0.1) is 5.82 Å². The molecule has 0 bridgehead atoms. The van der Waals surface area contributed by atoms with Gasteiger partial charge in [-0.15, -0.1) is 0 Å². The van der Waals surface area contributed by atoms with E-state index in [4.69, 9.17) is 21.1 Å². The highest BCUT2D eigenvalue weighted by molar-refractivity contribution is 6.31. The van der Waals surface area contributed by atoms with Crippen molar-refractivity contribution >= 4 is 11.6 Å². The van der Waals surface area contributed by atoms with Gasteiger partial charge in [0.05, 0.1) is 13.2 Å². The molecule has 1 fully saturated rings. The lowest BCUT2D eigenvalue weighted by Crippen LogP contribution is -2.26. The van der Waals surface area contributed by atoms with Crippen LogP contribution in [0.4, 0.5) is 4.39 Å². The standard InChI is InChI=1S/C13H17ClFNO2/c1-2-16-12(8-13-17-5-6-18-13)10-7-9(15)3-4-11(10)14/h3-4,7,12-13,16H,2,5-6,8H2,1H3. The van der Waals surface area contributed by atoms with E-state index < -0.39 is 0 Å². The first-order valence-corrected chi connectivity index (χ1v) is 6.50.